The minimum Gasteiger partial charge on any atom is -0.506 e. The highest BCUT2D eigenvalue weighted by atomic mass is 35.5. The van der Waals surface area contributed by atoms with Crippen LogP contribution in [0, 0.1) is 5.41 Å². The molecule has 202 valence electrons. The molecule has 0 aliphatic carbocycles. The maximum atomic E-state index is 10.5. The average Bonchev–Trinajstić information content (AvgIpc) is 2.92. The second-order valence-electron chi connectivity index (χ2n) is 8.36. The zero-order valence-corrected chi connectivity index (χ0v) is 23.1. The number of piperazine rings is 1. The third kappa shape index (κ3) is 8.16. The van der Waals surface area contributed by atoms with Crippen LogP contribution in [0.1, 0.15) is 15.9 Å². The number of primary amides is 1. The zero-order valence-electron chi connectivity index (χ0n) is 20.8. The summed E-state index contributed by atoms with van der Waals surface area (Å²) >= 11 is 17.6. The largest absolute Gasteiger partial charge is 0.506 e. The zero-order chi connectivity index (χ0) is 27.7. The molecule has 3 aromatic carbocycles. The van der Waals surface area contributed by atoms with E-state index in [2.05, 4.69) is 9.80 Å². The Bertz CT molecular complexity index is 1270. The van der Waals surface area contributed by atoms with Crippen molar-refractivity contribution in [3.63, 3.8) is 0 Å². The first-order valence-electron chi connectivity index (χ1n) is 11.7. The maximum Gasteiger partial charge on any atom is 0.248 e. The molecule has 1 saturated heterocycles. The number of benzene rings is 3. The van der Waals surface area contributed by atoms with E-state index >= 15 is 0 Å². The van der Waals surface area contributed by atoms with Crippen LogP contribution in [0.15, 0.2) is 54.6 Å². The molecule has 0 radical (unpaired) electrons. The third-order valence-corrected chi connectivity index (χ3v) is 6.93. The molecule has 4 rings (SSSR count). The minimum absolute atomic E-state index is 0.0586. The second-order valence-corrected chi connectivity index (χ2v) is 9.58. The summed E-state index contributed by atoms with van der Waals surface area (Å²) in [6, 6.07) is 15.3. The van der Waals surface area contributed by atoms with Gasteiger partial charge in [-0.25, -0.2) is 0 Å². The van der Waals surface area contributed by atoms with Gasteiger partial charge >= 0.3 is 0 Å². The molecule has 38 heavy (non-hydrogen) atoms. The van der Waals surface area contributed by atoms with E-state index in [1.54, 1.807) is 7.11 Å². The Morgan fingerprint density at radius 2 is 1.71 bits per heavy atom. The SMILES string of the molecule is COc1ccc(C=N)cc1OCCN1CCN(c2ccc(Cl)c(Cl)c2)CC1.NC(=O)c1ccc(O)c(Cl)c1. The van der Waals surface area contributed by atoms with Crippen LogP contribution in [-0.2, 0) is 0 Å². The van der Waals surface area contributed by atoms with E-state index in [4.69, 9.17) is 60.5 Å². The lowest BCUT2D eigenvalue weighted by atomic mass is 10.2. The number of amides is 1. The molecule has 11 heteroatoms. The lowest BCUT2D eigenvalue weighted by Gasteiger charge is -2.36. The van der Waals surface area contributed by atoms with Gasteiger partial charge in [-0.1, -0.05) is 34.8 Å². The molecule has 0 bridgehead atoms. The van der Waals surface area contributed by atoms with Gasteiger partial charge in [0.15, 0.2) is 11.5 Å². The van der Waals surface area contributed by atoms with E-state index in [1.807, 2.05) is 36.4 Å². The molecule has 0 aromatic heterocycles. The van der Waals surface area contributed by atoms with E-state index < -0.39 is 5.91 Å². The fraction of sp³-hybridized carbons (Fsp3) is 0.259. The summed E-state index contributed by atoms with van der Waals surface area (Å²) in [6.07, 6.45) is 1.30. The van der Waals surface area contributed by atoms with Gasteiger partial charge in [-0.15, -0.1) is 0 Å². The summed E-state index contributed by atoms with van der Waals surface area (Å²) in [5, 5.41) is 17.6. The molecule has 1 aliphatic heterocycles. The first kappa shape index (κ1) is 29.4. The highest BCUT2D eigenvalue weighted by Crippen LogP contribution is 2.29. The van der Waals surface area contributed by atoms with Crippen molar-refractivity contribution in [3.05, 3.63) is 80.8 Å². The Morgan fingerprint density at radius 3 is 2.32 bits per heavy atom. The van der Waals surface area contributed by atoms with Gasteiger partial charge in [0.2, 0.25) is 5.91 Å². The van der Waals surface area contributed by atoms with Crippen LogP contribution in [0.5, 0.6) is 17.2 Å². The predicted octanol–water partition coefficient (Wildman–Crippen LogP) is 5.35. The number of carbonyl (C=O) groups excluding carboxylic acids is 1. The number of ether oxygens (including phenoxy) is 2. The van der Waals surface area contributed by atoms with Gasteiger partial charge in [-0.3, -0.25) is 9.69 Å². The van der Waals surface area contributed by atoms with Gasteiger partial charge in [0.05, 0.1) is 22.2 Å². The Morgan fingerprint density at radius 1 is 0.974 bits per heavy atom. The van der Waals surface area contributed by atoms with E-state index in [1.165, 1.54) is 24.4 Å². The summed E-state index contributed by atoms with van der Waals surface area (Å²) < 4.78 is 11.2. The third-order valence-electron chi connectivity index (χ3n) is 5.89. The molecule has 1 amide bonds. The molecule has 1 fully saturated rings. The van der Waals surface area contributed by atoms with Crippen LogP contribution < -0.4 is 20.1 Å². The number of hydrogen-bond acceptors (Lipinski definition) is 7. The Kier molecular flexibility index (Phi) is 10.9. The van der Waals surface area contributed by atoms with E-state index in [9.17, 15) is 4.79 Å². The first-order valence-corrected chi connectivity index (χ1v) is 12.9. The van der Waals surface area contributed by atoms with E-state index in [0.29, 0.717) is 28.2 Å². The monoisotopic (exact) mass is 578 g/mol. The second kappa shape index (κ2) is 14.1. The Labute approximate surface area is 236 Å². The molecule has 0 saturated carbocycles. The predicted molar refractivity (Wildman–Crippen MR) is 153 cm³/mol. The number of hydrogen-bond donors (Lipinski definition) is 3. The highest BCUT2D eigenvalue weighted by molar-refractivity contribution is 6.42. The lowest BCUT2D eigenvalue weighted by Crippen LogP contribution is -2.47. The number of aromatic hydroxyl groups is 1. The van der Waals surface area contributed by atoms with Gasteiger partial charge in [0.1, 0.15) is 12.4 Å². The van der Waals surface area contributed by atoms with E-state index in [-0.39, 0.29) is 16.3 Å². The van der Waals surface area contributed by atoms with Gasteiger partial charge in [0, 0.05) is 50.2 Å². The molecule has 0 spiro atoms. The highest BCUT2D eigenvalue weighted by Gasteiger charge is 2.18. The van der Waals surface area contributed by atoms with Crippen molar-refractivity contribution in [1.82, 2.24) is 4.90 Å². The number of carbonyl (C=O) groups is 1. The first-order chi connectivity index (χ1) is 18.2. The number of nitrogens with zero attached hydrogens (tertiary/aromatic N) is 2. The number of nitrogens with one attached hydrogen (secondary N) is 1. The van der Waals surface area contributed by atoms with Crippen molar-refractivity contribution in [1.29, 1.82) is 5.41 Å². The van der Waals surface area contributed by atoms with Crippen molar-refractivity contribution in [2.45, 2.75) is 0 Å². The summed E-state index contributed by atoms with van der Waals surface area (Å²) in [7, 11) is 1.62. The topological polar surface area (TPSA) is 112 Å². The van der Waals surface area contributed by atoms with Gasteiger partial charge < -0.3 is 30.6 Å². The van der Waals surface area contributed by atoms with Gasteiger partial charge in [-0.05, 0) is 60.2 Å². The fourth-order valence-corrected chi connectivity index (χ4v) is 4.23. The fourth-order valence-electron chi connectivity index (χ4n) is 3.75. The summed E-state index contributed by atoms with van der Waals surface area (Å²) in [5.41, 5.74) is 7.14. The molecule has 1 aliphatic rings. The Balaban J connectivity index is 0.000000304. The number of anilines is 1. The van der Waals surface area contributed by atoms with Gasteiger partial charge in [-0.2, -0.15) is 0 Å². The molecular weight excluding hydrogens is 551 g/mol. The normalized spacial score (nSPS) is 13.3. The molecule has 8 nitrogen and oxygen atoms in total. The number of halogens is 3. The van der Waals surface area contributed by atoms with Crippen LogP contribution in [0.25, 0.3) is 0 Å². The smallest absolute Gasteiger partial charge is 0.248 e. The lowest BCUT2D eigenvalue weighted by molar-refractivity contribution is 0.100. The molecule has 0 atom stereocenters. The van der Waals surface area contributed by atoms with Crippen LogP contribution in [-0.4, -0.2) is 68.6 Å². The van der Waals surface area contributed by atoms with Crippen molar-refractivity contribution >= 4 is 52.6 Å². The van der Waals surface area contributed by atoms with Crippen molar-refractivity contribution in [3.8, 4) is 17.2 Å². The molecule has 1 heterocycles. The standard InChI is InChI=1S/C20H23Cl2N3O2.C7H6ClNO2/c1-26-19-5-2-15(14-23)12-20(19)27-11-10-24-6-8-25(9-7-24)16-3-4-17(21)18(22)13-16;8-5-3-4(7(9)11)1-2-6(5)10/h2-5,12-14,23H,6-11H2,1H3;1-3,10H,(H2,9,11). The number of methoxy groups -OCH3 is 1. The Hall–Kier alpha value is -3.17. The van der Waals surface area contributed by atoms with Crippen molar-refractivity contribution in [2.24, 2.45) is 5.73 Å². The number of rotatable bonds is 8. The summed E-state index contributed by atoms with van der Waals surface area (Å²) in [6.45, 7) is 5.20. The van der Waals surface area contributed by atoms with Crippen molar-refractivity contribution < 1.29 is 19.4 Å². The summed E-state index contributed by atoms with van der Waals surface area (Å²) in [5.74, 6) is 0.738. The molecule has 0 unspecified atom stereocenters. The van der Waals surface area contributed by atoms with Crippen LogP contribution in [0.4, 0.5) is 5.69 Å². The number of nitrogens with two attached hydrogens (primary N) is 1. The van der Waals surface area contributed by atoms with Crippen LogP contribution in [0.3, 0.4) is 0 Å². The van der Waals surface area contributed by atoms with Crippen molar-refractivity contribution in [2.75, 3.05) is 51.3 Å². The minimum atomic E-state index is -0.563. The number of phenols is 1. The van der Waals surface area contributed by atoms with Crippen LogP contribution >= 0.6 is 34.8 Å². The summed E-state index contributed by atoms with van der Waals surface area (Å²) in [4.78, 5) is 15.2. The average molecular weight is 580 g/mol. The van der Waals surface area contributed by atoms with E-state index in [0.717, 1.165) is 44.0 Å². The molecular formula is C27H29Cl3N4O4. The molecule has 4 N–H and O–H groups in total. The molecule has 3 aromatic rings. The van der Waals surface area contributed by atoms with Crippen LogP contribution in [0.2, 0.25) is 15.1 Å². The number of phenolic OH excluding ortho intramolecular Hbond substituents is 1. The van der Waals surface area contributed by atoms with Gasteiger partial charge in [0.25, 0.3) is 0 Å². The maximum absolute atomic E-state index is 10.5. The quantitative estimate of drug-likeness (QED) is 0.310.